The quantitative estimate of drug-likeness (QED) is 0.754. The van der Waals surface area contributed by atoms with Gasteiger partial charge in [-0.15, -0.1) is 0 Å². The second-order valence-electron chi connectivity index (χ2n) is 4.15. The maximum atomic E-state index is 12.1. The zero-order valence-corrected chi connectivity index (χ0v) is 12.4. The summed E-state index contributed by atoms with van der Waals surface area (Å²) in [5.74, 6) is 0.0707. The molecule has 1 aromatic carbocycles. The number of hydrogen-bond donors (Lipinski definition) is 2. The molecule has 6 heteroatoms. The van der Waals surface area contributed by atoms with Gasteiger partial charge >= 0.3 is 0 Å². The summed E-state index contributed by atoms with van der Waals surface area (Å²) in [7, 11) is 1.46. The molecule has 0 aliphatic carbocycles. The zero-order chi connectivity index (χ0) is 15.0. The fraction of sp³-hybridized carbons (Fsp3) is 0.429. The third-order valence-corrected chi connectivity index (χ3v) is 2.98. The molecule has 0 radical (unpaired) electrons. The van der Waals surface area contributed by atoms with Crippen LogP contribution in [-0.4, -0.2) is 32.7 Å². The van der Waals surface area contributed by atoms with E-state index in [1.807, 2.05) is 6.07 Å². The summed E-state index contributed by atoms with van der Waals surface area (Å²) >= 11 is 5.90. The Morgan fingerprint density at radius 3 is 2.75 bits per heavy atom. The van der Waals surface area contributed by atoms with E-state index in [9.17, 15) is 4.79 Å². The highest BCUT2D eigenvalue weighted by Gasteiger charge is 2.15. The van der Waals surface area contributed by atoms with Crippen molar-refractivity contribution in [3.63, 3.8) is 0 Å². The van der Waals surface area contributed by atoms with Crippen molar-refractivity contribution < 1.29 is 9.53 Å². The summed E-state index contributed by atoms with van der Waals surface area (Å²) in [5, 5.41) is 15.2. The molecule has 0 aromatic heterocycles. The molecule has 0 fully saturated rings. The molecule has 0 unspecified atom stereocenters. The van der Waals surface area contributed by atoms with Crippen LogP contribution in [-0.2, 0) is 0 Å². The molecule has 0 heterocycles. The maximum absolute atomic E-state index is 12.1. The van der Waals surface area contributed by atoms with Gasteiger partial charge in [-0.25, -0.2) is 0 Å². The van der Waals surface area contributed by atoms with Crippen LogP contribution in [0.25, 0.3) is 0 Å². The Kier molecular flexibility index (Phi) is 6.85. The first-order chi connectivity index (χ1) is 9.63. The number of hydrogen-bond acceptors (Lipinski definition) is 4. The Hall–Kier alpha value is -1.77. The molecule has 1 aromatic rings. The van der Waals surface area contributed by atoms with Crippen LogP contribution >= 0.6 is 11.6 Å². The highest BCUT2D eigenvalue weighted by molar-refractivity contribution is 6.32. The van der Waals surface area contributed by atoms with E-state index in [4.69, 9.17) is 21.6 Å². The van der Waals surface area contributed by atoms with Gasteiger partial charge in [-0.05, 0) is 19.0 Å². The third kappa shape index (κ3) is 4.41. The molecule has 1 amide bonds. The summed E-state index contributed by atoms with van der Waals surface area (Å²) in [4.78, 5) is 12.1. The molecule has 0 saturated carbocycles. The number of rotatable bonds is 7. The Bertz CT molecular complexity index is 512. The number of nitrogens with zero attached hydrogens (tertiary/aromatic N) is 1. The van der Waals surface area contributed by atoms with Gasteiger partial charge < -0.3 is 15.4 Å². The molecule has 20 heavy (non-hydrogen) atoms. The van der Waals surface area contributed by atoms with Gasteiger partial charge in [0.2, 0.25) is 0 Å². The fourth-order valence-corrected chi connectivity index (χ4v) is 1.84. The summed E-state index contributed by atoms with van der Waals surface area (Å²) in [6.07, 6.45) is 1.05. The predicted molar refractivity (Wildman–Crippen MR) is 78.2 cm³/mol. The van der Waals surface area contributed by atoms with Crippen LogP contribution in [0.5, 0.6) is 5.75 Å². The van der Waals surface area contributed by atoms with Crippen molar-refractivity contribution in [2.24, 2.45) is 0 Å². The van der Waals surface area contributed by atoms with E-state index in [0.717, 1.165) is 13.0 Å². The number of amides is 1. The van der Waals surface area contributed by atoms with E-state index in [-0.39, 0.29) is 16.5 Å². The first-order valence-electron chi connectivity index (χ1n) is 6.40. The second kappa shape index (κ2) is 8.41. The molecule has 2 N–H and O–H groups in total. The highest BCUT2D eigenvalue weighted by Crippen LogP contribution is 2.26. The minimum atomic E-state index is -0.284. The van der Waals surface area contributed by atoms with Crippen molar-refractivity contribution in [2.75, 3.05) is 26.7 Å². The molecule has 108 valence electrons. The predicted octanol–water partition coefficient (Wildman–Crippen LogP) is 1.95. The van der Waals surface area contributed by atoms with Gasteiger partial charge in [-0.1, -0.05) is 18.5 Å². The van der Waals surface area contributed by atoms with Crippen molar-refractivity contribution >= 4 is 17.5 Å². The summed E-state index contributed by atoms with van der Waals surface area (Å²) in [5.41, 5.74) is 0.561. The van der Waals surface area contributed by atoms with Crippen molar-refractivity contribution in [3.8, 4) is 11.8 Å². The van der Waals surface area contributed by atoms with E-state index in [2.05, 4.69) is 17.6 Å². The van der Waals surface area contributed by atoms with Crippen LogP contribution in [0.15, 0.2) is 12.1 Å². The average Bonchev–Trinajstić information content (AvgIpc) is 2.46. The Labute approximate surface area is 123 Å². The average molecular weight is 296 g/mol. The van der Waals surface area contributed by atoms with E-state index >= 15 is 0 Å². The van der Waals surface area contributed by atoms with Gasteiger partial charge in [0.15, 0.2) is 0 Å². The molecule has 0 bridgehead atoms. The maximum Gasteiger partial charge on any atom is 0.255 e. The van der Waals surface area contributed by atoms with Crippen LogP contribution in [0.3, 0.4) is 0 Å². The van der Waals surface area contributed by atoms with Gasteiger partial charge in [0.05, 0.1) is 23.3 Å². The molecule has 0 atom stereocenters. The van der Waals surface area contributed by atoms with Crippen LogP contribution < -0.4 is 15.4 Å². The fourth-order valence-electron chi connectivity index (χ4n) is 1.65. The lowest BCUT2D eigenvalue weighted by molar-refractivity contribution is 0.0951. The molecule has 1 rings (SSSR count). The van der Waals surface area contributed by atoms with E-state index in [1.54, 1.807) is 0 Å². The smallest absolute Gasteiger partial charge is 0.255 e. The third-order valence-electron chi connectivity index (χ3n) is 2.67. The lowest BCUT2D eigenvalue weighted by atomic mass is 10.1. The monoisotopic (exact) mass is 295 g/mol. The largest absolute Gasteiger partial charge is 0.496 e. The van der Waals surface area contributed by atoms with Gasteiger partial charge in [-0.2, -0.15) is 5.26 Å². The number of benzene rings is 1. The number of carbonyl (C=O) groups excluding carboxylic acids is 1. The zero-order valence-electron chi connectivity index (χ0n) is 11.6. The van der Waals surface area contributed by atoms with E-state index in [0.29, 0.717) is 24.4 Å². The lowest BCUT2D eigenvalue weighted by Crippen LogP contribution is -2.32. The van der Waals surface area contributed by atoms with Crippen LogP contribution in [0, 0.1) is 11.3 Å². The number of halogens is 1. The summed E-state index contributed by atoms with van der Waals surface area (Å²) < 4.78 is 5.12. The SMILES string of the molecule is CCCNCCNC(=O)c1cc(C#N)c(Cl)cc1OC. The number of methoxy groups -OCH3 is 1. The van der Waals surface area contributed by atoms with Gasteiger partial charge in [0.1, 0.15) is 11.8 Å². The molecular weight excluding hydrogens is 278 g/mol. The van der Waals surface area contributed by atoms with Gasteiger partial charge in [0.25, 0.3) is 5.91 Å². The van der Waals surface area contributed by atoms with Crippen molar-refractivity contribution in [2.45, 2.75) is 13.3 Å². The van der Waals surface area contributed by atoms with Crippen molar-refractivity contribution in [3.05, 3.63) is 28.3 Å². The highest BCUT2D eigenvalue weighted by atomic mass is 35.5. The summed E-state index contributed by atoms with van der Waals surface area (Å²) in [6, 6.07) is 4.86. The normalized spacial score (nSPS) is 9.90. The van der Waals surface area contributed by atoms with Gasteiger partial charge in [-0.3, -0.25) is 4.79 Å². The Morgan fingerprint density at radius 2 is 2.15 bits per heavy atom. The van der Waals surface area contributed by atoms with Crippen molar-refractivity contribution in [1.82, 2.24) is 10.6 Å². The first-order valence-corrected chi connectivity index (χ1v) is 6.78. The first kappa shape index (κ1) is 16.3. The Morgan fingerprint density at radius 1 is 1.40 bits per heavy atom. The van der Waals surface area contributed by atoms with Gasteiger partial charge in [0, 0.05) is 19.2 Å². The molecule has 0 aliphatic rings. The van der Waals surface area contributed by atoms with Crippen LogP contribution in [0.4, 0.5) is 0 Å². The van der Waals surface area contributed by atoms with E-state index in [1.165, 1.54) is 19.2 Å². The van der Waals surface area contributed by atoms with Crippen LogP contribution in [0.2, 0.25) is 5.02 Å². The second-order valence-corrected chi connectivity index (χ2v) is 4.56. The van der Waals surface area contributed by atoms with E-state index < -0.39 is 0 Å². The molecular formula is C14H18ClN3O2. The topological polar surface area (TPSA) is 74.1 Å². The number of nitrogens with one attached hydrogen (secondary N) is 2. The Balaban J connectivity index is 2.74. The molecule has 0 aliphatic heterocycles. The number of ether oxygens (including phenoxy) is 1. The molecule has 0 saturated heterocycles. The van der Waals surface area contributed by atoms with Crippen molar-refractivity contribution in [1.29, 1.82) is 5.26 Å². The summed E-state index contributed by atoms with van der Waals surface area (Å²) in [6.45, 7) is 4.19. The molecule has 0 spiro atoms. The number of nitriles is 1. The minimum Gasteiger partial charge on any atom is -0.496 e. The molecule has 5 nitrogen and oxygen atoms in total. The standard InChI is InChI=1S/C14H18ClN3O2/c1-3-4-17-5-6-18-14(19)11-7-10(9-16)12(15)8-13(11)20-2/h7-8,17H,3-6H2,1-2H3,(H,18,19). The number of carbonyl (C=O) groups is 1. The minimum absolute atomic E-state index is 0.252. The van der Waals surface area contributed by atoms with Crippen LogP contribution in [0.1, 0.15) is 29.3 Å². The lowest BCUT2D eigenvalue weighted by Gasteiger charge is -2.11.